The second kappa shape index (κ2) is 4.44. The largest absolute Gasteiger partial charge is 0.394 e. The lowest BCUT2D eigenvalue weighted by Crippen LogP contribution is -2.14. The molecule has 0 amide bonds. The Morgan fingerprint density at radius 1 is 1.53 bits per heavy atom. The van der Waals surface area contributed by atoms with Crippen molar-refractivity contribution in [2.45, 2.75) is 25.4 Å². The van der Waals surface area contributed by atoms with Gasteiger partial charge in [-0.2, -0.15) is 0 Å². The normalized spacial score (nSPS) is 25.4. The number of rotatable bonds is 3. The van der Waals surface area contributed by atoms with Gasteiger partial charge in [0.25, 0.3) is 0 Å². The quantitative estimate of drug-likeness (QED) is 0.678. The first-order valence-electron chi connectivity index (χ1n) is 5.23. The Morgan fingerprint density at radius 3 is 3.07 bits per heavy atom. The summed E-state index contributed by atoms with van der Waals surface area (Å²) < 4.78 is 0. The van der Waals surface area contributed by atoms with E-state index in [1.54, 1.807) is 6.20 Å². The van der Waals surface area contributed by atoms with Crippen LogP contribution in [0.3, 0.4) is 0 Å². The minimum atomic E-state index is -0.125. The van der Waals surface area contributed by atoms with Crippen LogP contribution < -0.4 is 11.1 Å². The second-order valence-electron chi connectivity index (χ2n) is 4.04. The summed E-state index contributed by atoms with van der Waals surface area (Å²) in [5.74, 6) is 1.21. The molecule has 4 N–H and O–H groups in total. The number of aliphatic hydroxyl groups is 1. The van der Waals surface area contributed by atoms with Gasteiger partial charge in [0.15, 0.2) is 5.82 Å². The third kappa shape index (κ3) is 2.56. The molecule has 1 heterocycles. The van der Waals surface area contributed by atoms with E-state index in [0.29, 0.717) is 17.4 Å². The van der Waals surface area contributed by atoms with Crippen molar-refractivity contribution >= 4 is 11.5 Å². The summed E-state index contributed by atoms with van der Waals surface area (Å²) in [6.45, 7) is 0.818. The van der Waals surface area contributed by atoms with Gasteiger partial charge in [-0.15, -0.1) is 0 Å². The van der Waals surface area contributed by atoms with Crippen LogP contribution in [0.1, 0.15) is 19.3 Å². The molecular formula is C10H16N4O. The fraction of sp³-hybridized carbons (Fsp3) is 0.600. The monoisotopic (exact) mass is 208 g/mol. The molecule has 15 heavy (non-hydrogen) atoms. The van der Waals surface area contributed by atoms with Gasteiger partial charge in [0.05, 0.1) is 18.0 Å². The molecule has 0 radical (unpaired) electrons. The molecule has 1 saturated carbocycles. The highest BCUT2D eigenvalue weighted by Gasteiger charge is 2.22. The molecule has 1 fully saturated rings. The third-order valence-electron chi connectivity index (χ3n) is 2.81. The number of nitrogens with two attached hydrogens (primary N) is 1. The maximum atomic E-state index is 9.37. The van der Waals surface area contributed by atoms with E-state index in [0.717, 1.165) is 25.8 Å². The van der Waals surface area contributed by atoms with E-state index in [9.17, 15) is 5.11 Å². The Labute approximate surface area is 88.7 Å². The van der Waals surface area contributed by atoms with Crippen molar-refractivity contribution in [1.29, 1.82) is 0 Å². The third-order valence-corrected chi connectivity index (χ3v) is 2.81. The number of aromatic nitrogens is 2. The van der Waals surface area contributed by atoms with E-state index >= 15 is 0 Å². The summed E-state index contributed by atoms with van der Waals surface area (Å²) in [7, 11) is 0. The summed E-state index contributed by atoms with van der Waals surface area (Å²) in [5, 5.41) is 12.6. The minimum Gasteiger partial charge on any atom is -0.394 e. The molecule has 2 rings (SSSR count). The van der Waals surface area contributed by atoms with Crippen LogP contribution in [0.4, 0.5) is 11.5 Å². The lowest BCUT2D eigenvalue weighted by atomic mass is 10.1. The molecular weight excluding hydrogens is 192 g/mol. The van der Waals surface area contributed by atoms with Gasteiger partial charge in [0.2, 0.25) is 0 Å². The molecule has 1 aliphatic carbocycles. The van der Waals surface area contributed by atoms with Crippen LogP contribution in [0.2, 0.25) is 0 Å². The van der Waals surface area contributed by atoms with Crippen molar-refractivity contribution in [3.05, 3.63) is 12.5 Å². The number of nitrogen functional groups attached to an aromatic ring is 1. The van der Waals surface area contributed by atoms with Gasteiger partial charge in [-0.1, -0.05) is 0 Å². The van der Waals surface area contributed by atoms with Crippen molar-refractivity contribution < 1.29 is 5.11 Å². The zero-order valence-electron chi connectivity index (χ0n) is 8.56. The van der Waals surface area contributed by atoms with Gasteiger partial charge in [-0.3, -0.25) is 0 Å². The molecule has 0 saturated heterocycles. The summed E-state index contributed by atoms with van der Waals surface area (Å²) in [4.78, 5) is 7.87. The molecule has 1 aromatic rings. The molecule has 1 aliphatic rings. The summed E-state index contributed by atoms with van der Waals surface area (Å²) in [6.07, 6.45) is 5.78. The maximum Gasteiger partial charge on any atom is 0.152 e. The molecule has 1 aromatic heterocycles. The van der Waals surface area contributed by atoms with Gasteiger partial charge in [0.1, 0.15) is 6.33 Å². The van der Waals surface area contributed by atoms with Gasteiger partial charge in [0, 0.05) is 6.54 Å². The average Bonchev–Trinajstić information content (AvgIpc) is 2.63. The van der Waals surface area contributed by atoms with Crippen molar-refractivity contribution in [3.63, 3.8) is 0 Å². The molecule has 5 nitrogen and oxygen atoms in total. The molecule has 5 heteroatoms. The van der Waals surface area contributed by atoms with Crippen LogP contribution in [0.15, 0.2) is 12.5 Å². The molecule has 0 aliphatic heterocycles. The van der Waals surface area contributed by atoms with Crippen molar-refractivity contribution in [1.82, 2.24) is 9.97 Å². The number of nitrogens with zero attached hydrogens (tertiary/aromatic N) is 2. The lowest BCUT2D eigenvalue weighted by Gasteiger charge is -2.12. The fourth-order valence-corrected chi connectivity index (χ4v) is 1.96. The Hall–Kier alpha value is -1.36. The van der Waals surface area contributed by atoms with Gasteiger partial charge in [-0.05, 0) is 25.2 Å². The van der Waals surface area contributed by atoms with Gasteiger partial charge >= 0.3 is 0 Å². The number of hydrogen-bond donors (Lipinski definition) is 3. The molecule has 82 valence electrons. The zero-order valence-corrected chi connectivity index (χ0v) is 8.56. The van der Waals surface area contributed by atoms with Gasteiger partial charge < -0.3 is 16.2 Å². The number of hydrogen-bond acceptors (Lipinski definition) is 5. The van der Waals surface area contributed by atoms with Crippen LogP contribution in [0.25, 0.3) is 0 Å². The molecule has 0 bridgehead atoms. The molecule has 0 spiro atoms. The Kier molecular flexibility index (Phi) is 3.01. The standard InChI is InChI=1S/C10H16N4O/c11-9-5-12-6-14-10(9)13-4-7-1-2-8(15)3-7/h5-8,15H,1-4,11H2,(H,12,13,14). The summed E-state index contributed by atoms with van der Waals surface area (Å²) >= 11 is 0. The predicted molar refractivity (Wildman–Crippen MR) is 58.3 cm³/mol. The Morgan fingerprint density at radius 2 is 2.40 bits per heavy atom. The Bertz CT molecular complexity index is 331. The van der Waals surface area contributed by atoms with E-state index in [4.69, 9.17) is 5.73 Å². The van der Waals surface area contributed by atoms with Crippen LogP contribution in [-0.2, 0) is 0 Å². The van der Waals surface area contributed by atoms with Gasteiger partial charge in [-0.25, -0.2) is 9.97 Å². The first-order chi connectivity index (χ1) is 7.25. The first-order valence-corrected chi connectivity index (χ1v) is 5.23. The highest BCUT2D eigenvalue weighted by Crippen LogP contribution is 2.25. The molecule has 2 unspecified atom stereocenters. The van der Waals surface area contributed by atoms with E-state index in [1.807, 2.05) is 0 Å². The van der Waals surface area contributed by atoms with E-state index < -0.39 is 0 Å². The average molecular weight is 208 g/mol. The number of anilines is 2. The topological polar surface area (TPSA) is 84.1 Å². The number of nitrogens with one attached hydrogen (secondary N) is 1. The lowest BCUT2D eigenvalue weighted by molar-refractivity contribution is 0.178. The van der Waals surface area contributed by atoms with Crippen molar-refractivity contribution in [2.24, 2.45) is 5.92 Å². The van der Waals surface area contributed by atoms with Crippen molar-refractivity contribution in [2.75, 3.05) is 17.6 Å². The van der Waals surface area contributed by atoms with Crippen LogP contribution in [0, 0.1) is 5.92 Å². The highest BCUT2D eigenvalue weighted by molar-refractivity contribution is 5.58. The fourth-order valence-electron chi connectivity index (χ4n) is 1.96. The molecule has 0 aromatic carbocycles. The van der Waals surface area contributed by atoms with E-state index in [1.165, 1.54) is 6.33 Å². The highest BCUT2D eigenvalue weighted by atomic mass is 16.3. The maximum absolute atomic E-state index is 9.37. The Balaban J connectivity index is 1.86. The summed E-state index contributed by atoms with van der Waals surface area (Å²) in [5.41, 5.74) is 6.26. The van der Waals surface area contributed by atoms with E-state index in [2.05, 4.69) is 15.3 Å². The second-order valence-corrected chi connectivity index (χ2v) is 4.04. The summed E-state index contributed by atoms with van der Waals surface area (Å²) in [6, 6.07) is 0. The van der Waals surface area contributed by atoms with Crippen LogP contribution in [-0.4, -0.2) is 27.7 Å². The molecule has 2 atom stereocenters. The SMILES string of the molecule is Nc1cncnc1NCC1CCC(O)C1. The van der Waals surface area contributed by atoms with E-state index in [-0.39, 0.29) is 6.10 Å². The van der Waals surface area contributed by atoms with Crippen LogP contribution in [0.5, 0.6) is 0 Å². The van der Waals surface area contributed by atoms with Crippen LogP contribution >= 0.6 is 0 Å². The minimum absolute atomic E-state index is 0.125. The first kappa shape index (κ1) is 10.2. The smallest absolute Gasteiger partial charge is 0.152 e. The van der Waals surface area contributed by atoms with Crippen molar-refractivity contribution in [3.8, 4) is 0 Å². The predicted octanol–water partition coefficient (Wildman–Crippen LogP) is 0.632. The zero-order chi connectivity index (χ0) is 10.7. The number of aliphatic hydroxyl groups excluding tert-OH is 1.